The molecule has 7 nitrogen and oxygen atoms in total. The quantitative estimate of drug-likeness (QED) is 0.571. The number of amides is 4. The topological polar surface area (TPSA) is 95.9 Å². The van der Waals surface area contributed by atoms with Crippen LogP contribution in [0.25, 0.3) is 6.08 Å². The number of carbonyl (C=O) groups is 3. The number of phenolic OH excluding ortho intramolecular Hbond substituents is 1. The van der Waals surface area contributed by atoms with Crippen LogP contribution in [-0.2, 0) is 9.59 Å². The van der Waals surface area contributed by atoms with Crippen LogP contribution < -0.4 is 15.0 Å². The number of hydrogen-bond acceptors (Lipinski definition) is 5. The molecule has 0 unspecified atom stereocenters. The van der Waals surface area contributed by atoms with E-state index in [1.165, 1.54) is 31.4 Å². The van der Waals surface area contributed by atoms with Gasteiger partial charge in [0.1, 0.15) is 11.4 Å². The Kier molecular flexibility index (Phi) is 4.95. The highest BCUT2D eigenvalue weighted by molar-refractivity contribution is 9.10. The number of urea groups is 1. The summed E-state index contributed by atoms with van der Waals surface area (Å²) in [5, 5.41) is 12.3. The summed E-state index contributed by atoms with van der Waals surface area (Å²) in [5.41, 5.74) is -0.157. The Labute approximate surface area is 161 Å². The van der Waals surface area contributed by atoms with E-state index in [1.54, 1.807) is 0 Å². The third-order valence-electron chi connectivity index (χ3n) is 3.78. The first-order valence-corrected chi connectivity index (χ1v) is 8.34. The molecule has 138 valence electrons. The van der Waals surface area contributed by atoms with Gasteiger partial charge in [0.15, 0.2) is 11.5 Å². The minimum Gasteiger partial charge on any atom is -0.504 e. The zero-order valence-electron chi connectivity index (χ0n) is 13.8. The molecule has 0 radical (unpaired) electrons. The van der Waals surface area contributed by atoms with Crippen LogP contribution in [-0.4, -0.2) is 30.1 Å². The molecule has 9 heteroatoms. The van der Waals surface area contributed by atoms with Crippen LogP contribution in [0.15, 0.2) is 46.4 Å². The van der Waals surface area contributed by atoms with Gasteiger partial charge >= 0.3 is 6.03 Å². The van der Waals surface area contributed by atoms with Crippen molar-refractivity contribution in [1.82, 2.24) is 5.32 Å². The number of methoxy groups -OCH3 is 1. The molecule has 1 heterocycles. The van der Waals surface area contributed by atoms with E-state index >= 15 is 0 Å². The Morgan fingerprint density at radius 1 is 1.19 bits per heavy atom. The number of imide groups is 2. The van der Waals surface area contributed by atoms with E-state index in [0.29, 0.717) is 9.37 Å². The molecule has 1 aliphatic heterocycles. The van der Waals surface area contributed by atoms with Crippen molar-refractivity contribution in [3.8, 4) is 11.5 Å². The number of carbonyl (C=O) groups excluding carboxylic acids is 3. The first kappa shape index (κ1) is 18.6. The number of aromatic hydroxyl groups is 1. The zero-order valence-corrected chi connectivity index (χ0v) is 15.4. The van der Waals surface area contributed by atoms with Gasteiger partial charge in [-0.3, -0.25) is 14.9 Å². The lowest BCUT2D eigenvalue weighted by Gasteiger charge is -2.26. The monoisotopic (exact) mass is 434 g/mol. The first-order chi connectivity index (χ1) is 12.8. The number of halogens is 2. The summed E-state index contributed by atoms with van der Waals surface area (Å²) in [7, 11) is 1.35. The molecule has 0 atom stereocenters. The van der Waals surface area contributed by atoms with Gasteiger partial charge in [0.05, 0.1) is 12.8 Å². The second kappa shape index (κ2) is 7.20. The lowest BCUT2D eigenvalue weighted by atomic mass is 10.1. The molecule has 0 spiro atoms. The molecule has 2 aromatic rings. The highest BCUT2D eigenvalue weighted by atomic mass is 79.9. The van der Waals surface area contributed by atoms with Gasteiger partial charge in [-0.1, -0.05) is 15.9 Å². The average Bonchev–Trinajstić information content (AvgIpc) is 2.62. The zero-order chi connectivity index (χ0) is 19.7. The van der Waals surface area contributed by atoms with Gasteiger partial charge in [0.2, 0.25) is 0 Å². The highest BCUT2D eigenvalue weighted by Gasteiger charge is 2.37. The van der Waals surface area contributed by atoms with E-state index in [0.717, 1.165) is 18.2 Å². The fourth-order valence-electron chi connectivity index (χ4n) is 2.50. The van der Waals surface area contributed by atoms with Gasteiger partial charge in [-0.05, 0) is 42.5 Å². The van der Waals surface area contributed by atoms with Crippen molar-refractivity contribution in [3.05, 3.63) is 57.8 Å². The normalized spacial score (nSPS) is 15.9. The minimum atomic E-state index is -0.954. The number of nitrogens with zero attached hydrogens (tertiary/aromatic N) is 1. The molecule has 1 aliphatic rings. The predicted molar refractivity (Wildman–Crippen MR) is 97.8 cm³/mol. The van der Waals surface area contributed by atoms with Crippen LogP contribution in [0.1, 0.15) is 5.56 Å². The summed E-state index contributed by atoms with van der Waals surface area (Å²) < 4.78 is 18.7. The molecule has 0 aliphatic carbocycles. The summed E-state index contributed by atoms with van der Waals surface area (Å²) in [6.07, 6.45) is 1.14. The maximum Gasteiger partial charge on any atom is 0.335 e. The third-order valence-corrected chi connectivity index (χ3v) is 4.23. The summed E-state index contributed by atoms with van der Waals surface area (Å²) in [5.74, 6) is -2.51. The van der Waals surface area contributed by atoms with Crippen LogP contribution in [0.2, 0.25) is 0 Å². The number of nitrogens with one attached hydrogen (secondary N) is 1. The van der Waals surface area contributed by atoms with Crippen LogP contribution in [0.3, 0.4) is 0 Å². The van der Waals surface area contributed by atoms with Gasteiger partial charge in [-0.25, -0.2) is 14.1 Å². The van der Waals surface area contributed by atoms with E-state index in [2.05, 4.69) is 15.9 Å². The van der Waals surface area contributed by atoms with E-state index in [9.17, 15) is 23.9 Å². The largest absolute Gasteiger partial charge is 0.504 e. The molecule has 2 N–H and O–H groups in total. The van der Waals surface area contributed by atoms with E-state index in [-0.39, 0.29) is 28.3 Å². The summed E-state index contributed by atoms with van der Waals surface area (Å²) >= 11 is 3.24. The number of ether oxygens (including phenoxy) is 1. The van der Waals surface area contributed by atoms with Crippen molar-refractivity contribution in [2.75, 3.05) is 12.0 Å². The fourth-order valence-corrected chi connectivity index (χ4v) is 2.95. The molecule has 2 aromatic carbocycles. The molecular weight excluding hydrogens is 423 g/mol. The molecule has 0 aromatic heterocycles. The number of anilines is 1. The van der Waals surface area contributed by atoms with Crippen LogP contribution in [0.5, 0.6) is 11.5 Å². The Bertz CT molecular complexity index is 988. The van der Waals surface area contributed by atoms with Crippen LogP contribution >= 0.6 is 15.9 Å². The Morgan fingerprint density at radius 2 is 1.85 bits per heavy atom. The summed E-state index contributed by atoms with van der Waals surface area (Å²) in [4.78, 5) is 37.7. The number of barbiturate groups is 1. The summed E-state index contributed by atoms with van der Waals surface area (Å²) in [6, 6.07) is 6.67. The van der Waals surface area contributed by atoms with Crippen LogP contribution in [0.4, 0.5) is 14.9 Å². The maximum atomic E-state index is 13.1. The second-order valence-electron chi connectivity index (χ2n) is 5.48. The Morgan fingerprint density at radius 3 is 2.48 bits per heavy atom. The SMILES string of the molecule is COc1cc(Br)cc(C=C2C(=O)NC(=O)N(c3ccc(F)cc3)C2=O)c1O. The molecule has 4 amide bonds. The van der Waals surface area contributed by atoms with Crippen molar-refractivity contribution in [2.24, 2.45) is 0 Å². The lowest BCUT2D eigenvalue weighted by Crippen LogP contribution is -2.54. The van der Waals surface area contributed by atoms with E-state index in [1.807, 2.05) is 5.32 Å². The van der Waals surface area contributed by atoms with Crippen molar-refractivity contribution in [3.63, 3.8) is 0 Å². The molecule has 27 heavy (non-hydrogen) atoms. The Balaban J connectivity index is 2.07. The van der Waals surface area contributed by atoms with Crippen molar-refractivity contribution in [1.29, 1.82) is 0 Å². The van der Waals surface area contributed by atoms with E-state index in [4.69, 9.17) is 4.74 Å². The molecule has 0 bridgehead atoms. The highest BCUT2D eigenvalue weighted by Crippen LogP contribution is 2.35. The number of benzene rings is 2. The molecule has 3 rings (SSSR count). The van der Waals surface area contributed by atoms with Crippen molar-refractivity contribution < 1.29 is 28.6 Å². The van der Waals surface area contributed by atoms with Crippen molar-refractivity contribution in [2.45, 2.75) is 0 Å². The van der Waals surface area contributed by atoms with Gasteiger partial charge in [-0.15, -0.1) is 0 Å². The standard InChI is InChI=1S/C18H12BrFN2O5/c1-27-14-8-10(19)6-9(15(14)23)7-13-16(24)21-18(26)22(17(13)25)12-4-2-11(20)3-5-12/h2-8,23H,1H3,(H,21,24,26). The minimum absolute atomic E-state index is 0.0911. The van der Waals surface area contributed by atoms with Gasteiger partial charge in [0.25, 0.3) is 11.8 Å². The molecular formula is C18H12BrFN2O5. The molecule has 0 saturated carbocycles. The predicted octanol–water partition coefficient (Wildman–Crippen LogP) is 2.97. The molecule has 1 saturated heterocycles. The van der Waals surface area contributed by atoms with Gasteiger partial charge < -0.3 is 9.84 Å². The summed E-state index contributed by atoms with van der Waals surface area (Å²) in [6.45, 7) is 0. The Hall–Kier alpha value is -3.20. The average molecular weight is 435 g/mol. The number of rotatable bonds is 3. The second-order valence-corrected chi connectivity index (χ2v) is 6.40. The first-order valence-electron chi connectivity index (χ1n) is 7.55. The van der Waals surface area contributed by atoms with Crippen molar-refractivity contribution >= 4 is 45.5 Å². The van der Waals surface area contributed by atoms with Crippen LogP contribution in [0, 0.1) is 5.82 Å². The molecule has 1 fully saturated rings. The number of hydrogen-bond donors (Lipinski definition) is 2. The number of phenols is 1. The lowest BCUT2D eigenvalue weighted by molar-refractivity contribution is -0.122. The van der Waals surface area contributed by atoms with Gasteiger partial charge in [-0.2, -0.15) is 0 Å². The maximum absolute atomic E-state index is 13.1. The fraction of sp³-hybridized carbons (Fsp3) is 0.0556. The van der Waals surface area contributed by atoms with Gasteiger partial charge in [0, 0.05) is 10.0 Å². The van der Waals surface area contributed by atoms with E-state index < -0.39 is 23.7 Å². The third kappa shape index (κ3) is 3.54. The smallest absolute Gasteiger partial charge is 0.335 e.